The van der Waals surface area contributed by atoms with Gasteiger partial charge in [-0.2, -0.15) is 4.98 Å². The van der Waals surface area contributed by atoms with Crippen molar-refractivity contribution in [2.45, 2.75) is 27.2 Å². The molecule has 0 bridgehead atoms. The normalized spacial score (nSPS) is 10.4. The molecule has 5 nitrogen and oxygen atoms in total. The van der Waals surface area contributed by atoms with E-state index in [0.29, 0.717) is 23.9 Å². The van der Waals surface area contributed by atoms with Crippen LogP contribution in [0.5, 0.6) is 11.6 Å². The van der Waals surface area contributed by atoms with Gasteiger partial charge < -0.3 is 10.2 Å². The molecule has 0 amide bonds. The number of aryl methyl sites for hydroxylation is 3. The van der Waals surface area contributed by atoms with Crippen molar-refractivity contribution in [2.75, 3.05) is 5.43 Å². The molecule has 0 unspecified atom stereocenters. The first-order valence-corrected chi connectivity index (χ1v) is 7.12. The first-order chi connectivity index (χ1) is 9.53. The Morgan fingerprint density at radius 2 is 1.85 bits per heavy atom. The minimum atomic E-state index is 0.478. The summed E-state index contributed by atoms with van der Waals surface area (Å²) in [6, 6.07) is 5.59. The minimum absolute atomic E-state index is 0.478. The third-order valence-electron chi connectivity index (χ3n) is 2.85. The first-order valence-electron chi connectivity index (χ1n) is 6.32. The Kier molecular flexibility index (Phi) is 4.57. The first kappa shape index (κ1) is 14.7. The number of nitrogens with one attached hydrogen (secondary N) is 1. The zero-order valence-electron chi connectivity index (χ0n) is 11.7. The van der Waals surface area contributed by atoms with Gasteiger partial charge in [-0.3, -0.25) is 0 Å². The third kappa shape index (κ3) is 3.26. The average molecular weight is 337 g/mol. The molecule has 0 spiro atoms. The second kappa shape index (κ2) is 6.19. The van der Waals surface area contributed by atoms with Crippen molar-refractivity contribution in [3.63, 3.8) is 0 Å². The summed E-state index contributed by atoms with van der Waals surface area (Å²) >= 11 is 3.54. The molecule has 0 saturated carbocycles. The van der Waals surface area contributed by atoms with Crippen molar-refractivity contribution in [3.8, 4) is 11.6 Å². The SMILES string of the molecule is CCc1nc(NN)cc(Oc2cc(C)c(Br)c(C)c2)n1. The van der Waals surface area contributed by atoms with E-state index in [9.17, 15) is 0 Å². The van der Waals surface area contributed by atoms with Crippen LogP contribution in [0.25, 0.3) is 0 Å². The van der Waals surface area contributed by atoms with E-state index in [1.165, 1.54) is 0 Å². The van der Waals surface area contributed by atoms with Crippen LogP contribution in [-0.4, -0.2) is 9.97 Å². The van der Waals surface area contributed by atoms with Gasteiger partial charge >= 0.3 is 0 Å². The van der Waals surface area contributed by atoms with Crippen LogP contribution in [0.15, 0.2) is 22.7 Å². The number of aromatic nitrogens is 2. The molecule has 106 valence electrons. The van der Waals surface area contributed by atoms with Crippen LogP contribution in [-0.2, 0) is 6.42 Å². The minimum Gasteiger partial charge on any atom is -0.439 e. The number of rotatable bonds is 4. The van der Waals surface area contributed by atoms with Crippen LogP contribution >= 0.6 is 15.9 Å². The quantitative estimate of drug-likeness (QED) is 0.660. The summed E-state index contributed by atoms with van der Waals surface area (Å²) in [5, 5.41) is 0. The molecule has 1 heterocycles. The monoisotopic (exact) mass is 336 g/mol. The Morgan fingerprint density at radius 1 is 1.20 bits per heavy atom. The zero-order valence-corrected chi connectivity index (χ0v) is 13.3. The summed E-state index contributed by atoms with van der Waals surface area (Å²) in [6.07, 6.45) is 0.713. The average Bonchev–Trinajstić information content (AvgIpc) is 2.44. The van der Waals surface area contributed by atoms with E-state index >= 15 is 0 Å². The van der Waals surface area contributed by atoms with Crippen LogP contribution in [0.3, 0.4) is 0 Å². The zero-order chi connectivity index (χ0) is 14.7. The Labute approximate surface area is 126 Å². The highest BCUT2D eigenvalue weighted by Crippen LogP contribution is 2.29. The van der Waals surface area contributed by atoms with E-state index in [-0.39, 0.29) is 0 Å². The molecule has 0 aliphatic rings. The Hall–Kier alpha value is -1.66. The van der Waals surface area contributed by atoms with Crippen LogP contribution in [0.2, 0.25) is 0 Å². The highest BCUT2D eigenvalue weighted by molar-refractivity contribution is 9.10. The highest BCUT2D eigenvalue weighted by Gasteiger charge is 2.08. The van der Waals surface area contributed by atoms with Gasteiger partial charge in [0, 0.05) is 17.0 Å². The summed E-state index contributed by atoms with van der Waals surface area (Å²) in [5.41, 5.74) is 4.75. The molecule has 6 heteroatoms. The lowest BCUT2D eigenvalue weighted by Gasteiger charge is -2.11. The molecule has 0 fully saturated rings. The number of nitrogen functional groups attached to an aromatic ring is 1. The Bertz CT molecular complexity index is 585. The molecule has 0 radical (unpaired) electrons. The lowest BCUT2D eigenvalue weighted by Crippen LogP contribution is -2.10. The second-order valence-corrected chi connectivity index (χ2v) is 5.27. The van der Waals surface area contributed by atoms with Crippen molar-refractivity contribution in [3.05, 3.63) is 39.6 Å². The van der Waals surface area contributed by atoms with E-state index < -0.39 is 0 Å². The van der Waals surface area contributed by atoms with E-state index in [0.717, 1.165) is 21.3 Å². The van der Waals surface area contributed by atoms with Gasteiger partial charge in [-0.15, -0.1) is 0 Å². The van der Waals surface area contributed by atoms with Crippen molar-refractivity contribution >= 4 is 21.7 Å². The van der Waals surface area contributed by atoms with Crippen molar-refractivity contribution in [2.24, 2.45) is 5.84 Å². The summed E-state index contributed by atoms with van der Waals surface area (Å²) in [4.78, 5) is 8.56. The molecule has 2 aromatic rings. The van der Waals surface area contributed by atoms with Crippen LogP contribution in [0, 0.1) is 13.8 Å². The molecular formula is C14H17BrN4O. The van der Waals surface area contributed by atoms with Gasteiger partial charge in [0.1, 0.15) is 17.4 Å². The predicted octanol–water partition coefficient (Wildman–Crippen LogP) is 3.50. The van der Waals surface area contributed by atoms with Crippen molar-refractivity contribution in [1.82, 2.24) is 9.97 Å². The topological polar surface area (TPSA) is 73.1 Å². The summed E-state index contributed by atoms with van der Waals surface area (Å²) in [7, 11) is 0. The number of hydrazine groups is 1. The Morgan fingerprint density at radius 3 is 2.40 bits per heavy atom. The van der Waals surface area contributed by atoms with E-state index in [1.807, 2.05) is 32.9 Å². The van der Waals surface area contributed by atoms with Crippen molar-refractivity contribution in [1.29, 1.82) is 0 Å². The van der Waals surface area contributed by atoms with Gasteiger partial charge in [0.05, 0.1) is 0 Å². The smallest absolute Gasteiger partial charge is 0.224 e. The van der Waals surface area contributed by atoms with Gasteiger partial charge in [-0.05, 0) is 37.1 Å². The van der Waals surface area contributed by atoms with Crippen LogP contribution in [0.4, 0.5) is 5.82 Å². The molecule has 1 aromatic heterocycles. The molecule has 3 N–H and O–H groups in total. The number of nitrogens with zero attached hydrogens (tertiary/aromatic N) is 2. The fourth-order valence-corrected chi connectivity index (χ4v) is 2.07. The molecule has 0 atom stereocenters. The van der Waals surface area contributed by atoms with Gasteiger partial charge in [-0.25, -0.2) is 10.8 Å². The molecule has 0 aliphatic carbocycles. The maximum absolute atomic E-state index is 5.81. The van der Waals surface area contributed by atoms with Crippen LogP contribution in [0.1, 0.15) is 23.9 Å². The van der Waals surface area contributed by atoms with Gasteiger partial charge in [0.2, 0.25) is 5.88 Å². The molecule has 0 saturated heterocycles. The fraction of sp³-hybridized carbons (Fsp3) is 0.286. The number of nitrogens with two attached hydrogens (primary N) is 1. The predicted molar refractivity (Wildman–Crippen MR) is 82.9 cm³/mol. The number of halogens is 1. The van der Waals surface area contributed by atoms with E-state index in [4.69, 9.17) is 10.6 Å². The van der Waals surface area contributed by atoms with Gasteiger partial charge in [0.15, 0.2) is 0 Å². The summed E-state index contributed by atoms with van der Waals surface area (Å²) in [5.74, 6) is 7.84. The van der Waals surface area contributed by atoms with Gasteiger partial charge in [-0.1, -0.05) is 22.9 Å². The lowest BCUT2D eigenvalue weighted by atomic mass is 10.1. The number of ether oxygens (including phenoxy) is 1. The van der Waals surface area contributed by atoms with E-state index in [1.54, 1.807) is 6.07 Å². The van der Waals surface area contributed by atoms with Gasteiger partial charge in [0.25, 0.3) is 0 Å². The fourth-order valence-electron chi connectivity index (χ4n) is 1.84. The number of hydrogen-bond acceptors (Lipinski definition) is 5. The molecule has 2 rings (SSSR count). The highest BCUT2D eigenvalue weighted by atomic mass is 79.9. The summed E-state index contributed by atoms with van der Waals surface area (Å²) < 4.78 is 6.90. The second-order valence-electron chi connectivity index (χ2n) is 4.48. The van der Waals surface area contributed by atoms with E-state index in [2.05, 4.69) is 31.3 Å². The molecule has 1 aromatic carbocycles. The molecular weight excluding hydrogens is 320 g/mol. The number of hydrogen-bond donors (Lipinski definition) is 2. The standard InChI is InChI=1S/C14H17BrN4O/c1-4-11-17-12(19-16)7-13(18-11)20-10-5-8(2)14(15)9(3)6-10/h5-7H,4,16H2,1-3H3,(H,17,18,19). The van der Waals surface area contributed by atoms with Crippen LogP contribution < -0.4 is 16.0 Å². The summed E-state index contributed by atoms with van der Waals surface area (Å²) in [6.45, 7) is 6.02. The maximum atomic E-state index is 5.81. The Balaban J connectivity index is 2.34. The van der Waals surface area contributed by atoms with Crippen molar-refractivity contribution < 1.29 is 4.74 Å². The lowest BCUT2D eigenvalue weighted by molar-refractivity contribution is 0.458. The maximum Gasteiger partial charge on any atom is 0.224 e. The molecule has 0 aliphatic heterocycles. The number of benzene rings is 1. The largest absolute Gasteiger partial charge is 0.439 e. The molecule has 20 heavy (non-hydrogen) atoms. The number of anilines is 1. The third-order valence-corrected chi connectivity index (χ3v) is 4.10.